The predicted octanol–water partition coefficient (Wildman–Crippen LogP) is 1.79. The van der Waals surface area contributed by atoms with Gasteiger partial charge < -0.3 is 15.4 Å². The molecule has 0 radical (unpaired) electrons. The average Bonchev–Trinajstić information content (AvgIpc) is 2.64. The molecule has 6 heteroatoms. The van der Waals surface area contributed by atoms with Crippen molar-refractivity contribution in [2.24, 2.45) is 0 Å². The number of carbonyl (C=O) groups excluding carboxylic acids is 2. The second-order valence-corrected chi connectivity index (χ2v) is 5.47. The van der Waals surface area contributed by atoms with Crippen LogP contribution in [0.2, 0.25) is 0 Å². The van der Waals surface area contributed by atoms with Gasteiger partial charge >= 0.3 is 11.8 Å². The molecule has 2 aromatic rings. The molecule has 2 aromatic carbocycles. The fourth-order valence-electron chi connectivity index (χ4n) is 2.58. The number of nitrogen functional groups attached to an aromatic ring is 1. The molecular weight excluding hydrogens is 306 g/mol. The first kappa shape index (κ1) is 16.0. The Labute approximate surface area is 140 Å². The summed E-state index contributed by atoms with van der Waals surface area (Å²) >= 11 is 0. The normalized spacial score (nSPS) is 14.2. The van der Waals surface area contributed by atoms with Crippen LogP contribution in [-0.2, 0) is 14.3 Å². The van der Waals surface area contributed by atoms with Gasteiger partial charge in [0, 0.05) is 30.2 Å². The van der Waals surface area contributed by atoms with E-state index in [4.69, 9.17) is 10.5 Å². The van der Waals surface area contributed by atoms with Gasteiger partial charge in [-0.1, -0.05) is 18.2 Å². The van der Waals surface area contributed by atoms with Gasteiger partial charge in [0.15, 0.2) is 0 Å². The van der Waals surface area contributed by atoms with Crippen LogP contribution in [0.4, 0.5) is 17.1 Å². The maximum atomic E-state index is 12.9. The topological polar surface area (TPSA) is 75.9 Å². The van der Waals surface area contributed by atoms with Crippen molar-refractivity contribution in [3.63, 3.8) is 0 Å². The third-order valence-electron chi connectivity index (χ3n) is 3.85. The highest BCUT2D eigenvalue weighted by molar-refractivity contribution is 6.42. The number of anilines is 3. The van der Waals surface area contributed by atoms with Gasteiger partial charge in [-0.05, 0) is 36.4 Å². The third-order valence-corrected chi connectivity index (χ3v) is 3.85. The Bertz CT molecular complexity index is 710. The van der Waals surface area contributed by atoms with Crippen molar-refractivity contribution in [3.8, 4) is 0 Å². The quantitative estimate of drug-likeness (QED) is 0.675. The Balaban J connectivity index is 1.93. The van der Waals surface area contributed by atoms with E-state index in [-0.39, 0.29) is 0 Å². The second kappa shape index (κ2) is 7.14. The number of amides is 2. The summed E-state index contributed by atoms with van der Waals surface area (Å²) in [6.07, 6.45) is 0. The molecule has 0 bridgehead atoms. The number of nitrogens with zero attached hydrogens (tertiary/aromatic N) is 2. The number of hydrogen-bond acceptors (Lipinski definition) is 4. The van der Waals surface area contributed by atoms with Crippen LogP contribution < -0.4 is 10.6 Å². The van der Waals surface area contributed by atoms with Gasteiger partial charge in [0.1, 0.15) is 0 Å². The van der Waals surface area contributed by atoms with Crippen molar-refractivity contribution < 1.29 is 14.3 Å². The highest BCUT2D eigenvalue weighted by atomic mass is 16.5. The van der Waals surface area contributed by atoms with Crippen LogP contribution in [0.3, 0.4) is 0 Å². The fourth-order valence-corrected chi connectivity index (χ4v) is 2.58. The van der Waals surface area contributed by atoms with Crippen LogP contribution in [0.5, 0.6) is 0 Å². The third kappa shape index (κ3) is 3.38. The number of carbonyl (C=O) groups is 2. The van der Waals surface area contributed by atoms with Crippen molar-refractivity contribution in [2.45, 2.75) is 0 Å². The maximum Gasteiger partial charge on any atom is 0.321 e. The van der Waals surface area contributed by atoms with Crippen LogP contribution in [-0.4, -0.2) is 43.0 Å². The van der Waals surface area contributed by atoms with Gasteiger partial charge in [-0.2, -0.15) is 0 Å². The number of morpholine rings is 1. The van der Waals surface area contributed by atoms with E-state index in [9.17, 15) is 9.59 Å². The van der Waals surface area contributed by atoms with Crippen molar-refractivity contribution in [2.75, 3.05) is 36.9 Å². The summed E-state index contributed by atoms with van der Waals surface area (Å²) in [5.74, 6) is -1.12. The molecule has 1 aliphatic heterocycles. The minimum atomic E-state index is -0.590. The molecule has 24 heavy (non-hydrogen) atoms. The molecule has 1 aliphatic rings. The molecule has 0 atom stereocenters. The van der Waals surface area contributed by atoms with Crippen LogP contribution in [0.25, 0.3) is 0 Å². The Kier molecular flexibility index (Phi) is 4.77. The number of ether oxygens (including phenoxy) is 1. The van der Waals surface area contributed by atoms with E-state index in [2.05, 4.69) is 0 Å². The highest BCUT2D eigenvalue weighted by Crippen LogP contribution is 2.26. The van der Waals surface area contributed by atoms with E-state index >= 15 is 0 Å². The summed E-state index contributed by atoms with van der Waals surface area (Å²) in [6, 6.07) is 16.0. The predicted molar refractivity (Wildman–Crippen MR) is 91.8 cm³/mol. The van der Waals surface area contributed by atoms with E-state index in [0.717, 1.165) is 0 Å². The standard InChI is InChI=1S/C18H19N3O3/c19-14-6-8-16(9-7-14)21(15-4-2-1-3-5-15)18(23)17(22)20-10-12-24-13-11-20/h1-9H,10-13,19H2. The fraction of sp³-hybridized carbons (Fsp3) is 0.222. The molecule has 0 spiro atoms. The Morgan fingerprint density at radius 2 is 1.50 bits per heavy atom. The first-order valence-corrected chi connectivity index (χ1v) is 7.78. The minimum Gasteiger partial charge on any atom is -0.399 e. The smallest absolute Gasteiger partial charge is 0.321 e. The summed E-state index contributed by atoms with van der Waals surface area (Å²) in [5, 5.41) is 0. The van der Waals surface area contributed by atoms with E-state index in [1.165, 1.54) is 9.80 Å². The van der Waals surface area contributed by atoms with Crippen LogP contribution in [0, 0.1) is 0 Å². The lowest BCUT2D eigenvalue weighted by Gasteiger charge is -2.29. The van der Waals surface area contributed by atoms with Crippen molar-refractivity contribution in [1.82, 2.24) is 4.90 Å². The number of nitrogens with two attached hydrogens (primary N) is 1. The highest BCUT2D eigenvalue weighted by Gasteiger charge is 2.30. The second-order valence-electron chi connectivity index (χ2n) is 5.47. The molecule has 6 nitrogen and oxygen atoms in total. The summed E-state index contributed by atoms with van der Waals surface area (Å²) in [6.45, 7) is 1.75. The van der Waals surface area contributed by atoms with Gasteiger partial charge in [-0.25, -0.2) is 0 Å². The summed E-state index contributed by atoms with van der Waals surface area (Å²) < 4.78 is 5.24. The molecule has 1 heterocycles. The number of para-hydroxylation sites is 1. The zero-order valence-corrected chi connectivity index (χ0v) is 13.2. The lowest BCUT2D eigenvalue weighted by Crippen LogP contribution is -2.48. The maximum absolute atomic E-state index is 12.9. The van der Waals surface area contributed by atoms with E-state index in [1.807, 2.05) is 18.2 Å². The van der Waals surface area contributed by atoms with Crippen LogP contribution in [0.1, 0.15) is 0 Å². The molecular formula is C18H19N3O3. The molecule has 0 aliphatic carbocycles. The largest absolute Gasteiger partial charge is 0.399 e. The van der Waals surface area contributed by atoms with Crippen LogP contribution in [0.15, 0.2) is 54.6 Å². The molecule has 1 fully saturated rings. The number of benzene rings is 2. The SMILES string of the molecule is Nc1ccc(N(C(=O)C(=O)N2CCOCC2)c2ccccc2)cc1. The first-order chi connectivity index (χ1) is 11.7. The van der Waals surface area contributed by atoms with Crippen molar-refractivity contribution in [3.05, 3.63) is 54.6 Å². The molecule has 124 valence electrons. The summed E-state index contributed by atoms with van der Waals surface area (Å²) in [5.41, 5.74) is 7.55. The molecule has 2 amide bonds. The van der Waals surface area contributed by atoms with Gasteiger partial charge in [0.2, 0.25) is 0 Å². The van der Waals surface area contributed by atoms with Crippen molar-refractivity contribution >= 4 is 28.9 Å². The Hall–Kier alpha value is -2.86. The Morgan fingerprint density at radius 1 is 0.917 bits per heavy atom. The molecule has 0 saturated carbocycles. The van der Waals surface area contributed by atoms with Gasteiger partial charge in [0.05, 0.1) is 13.2 Å². The number of rotatable bonds is 2. The lowest BCUT2D eigenvalue weighted by atomic mass is 10.2. The average molecular weight is 325 g/mol. The van der Waals surface area contributed by atoms with E-state index in [1.54, 1.807) is 36.4 Å². The zero-order chi connectivity index (χ0) is 16.9. The van der Waals surface area contributed by atoms with Crippen LogP contribution >= 0.6 is 0 Å². The molecule has 2 N–H and O–H groups in total. The van der Waals surface area contributed by atoms with Gasteiger partial charge in [0.25, 0.3) is 0 Å². The van der Waals surface area contributed by atoms with Gasteiger partial charge in [-0.15, -0.1) is 0 Å². The monoisotopic (exact) mass is 325 g/mol. The Morgan fingerprint density at radius 3 is 2.12 bits per heavy atom. The van der Waals surface area contributed by atoms with Gasteiger partial charge in [-0.3, -0.25) is 14.5 Å². The summed E-state index contributed by atoms with van der Waals surface area (Å²) in [4.78, 5) is 28.4. The first-order valence-electron chi connectivity index (χ1n) is 7.78. The van der Waals surface area contributed by atoms with E-state index < -0.39 is 11.8 Å². The zero-order valence-electron chi connectivity index (χ0n) is 13.2. The summed E-state index contributed by atoms with van der Waals surface area (Å²) in [7, 11) is 0. The van der Waals surface area contributed by atoms with E-state index in [0.29, 0.717) is 43.4 Å². The molecule has 0 unspecified atom stereocenters. The lowest BCUT2D eigenvalue weighted by molar-refractivity contribution is -0.146. The number of hydrogen-bond donors (Lipinski definition) is 1. The minimum absolute atomic E-state index is 0.426. The van der Waals surface area contributed by atoms with Crippen molar-refractivity contribution in [1.29, 1.82) is 0 Å². The molecule has 0 aromatic heterocycles. The molecule has 3 rings (SSSR count). The molecule has 1 saturated heterocycles.